The van der Waals surface area contributed by atoms with E-state index in [1.165, 1.54) is 18.6 Å². The number of carbonyl (C=O) groups excluding carboxylic acids is 1. The van der Waals surface area contributed by atoms with Gasteiger partial charge in [-0.15, -0.1) is 0 Å². The van der Waals surface area contributed by atoms with E-state index in [1.54, 1.807) is 6.07 Å². The Labute approximate surface area is 91.7 Å². The predicted molar refractivity (Wildman–Crippen MR) is 54.4 cm³/mol. The van der Waals surface area contributed by atoms with Crippen LogP contribution in [-0.4, -0.2) is 21.0 Å². The smallest absolute Gasteiger partial charge is 0.290 e. The topological polar surface area (TPSA) is 80.9 Å². The number of amides is 1. The molecular formula is C10H10N4O2. The molecule has 0 radical (unpaired) electrons. The third-order valence-corrected chi connectivity index (χ3v) is 1.95. The van der Waals surface area contributed by atoms with Gasteiger partial charge in [0.2, 0.25) is 5.76 Å². The van der Waals surface area contributed by atoms with E-state index < -0.39 is 0 Å². The average molecular weight is 218 g/mol. The maximum absolute atomic E-state index is 11.5. The van der Waals surface area contributed by atoms with E-state index in [9.17, 15) is 4.79 Å². The molecule has 82 valence electrons. The Kier molecular flexibility index (Phi) is 2.90. The lowest BCUT2D eigenvalue weighted by Crippen LogP contribution is -2.22. The van der Waals surface area contributed by atoms with Gasteiger partial charge >= 0.3 is 0 Å². The lowest BCUT2D eigenvalue weighted by Gasteiger charge is -2.02. The van der Waals surface area contributed by atoms with E-state index in [0.29, 0.717) is 6.54 Å². The summed E-state index contributed by atoms with van der Waals surface area (Å²) in [5.41, 5.74) is 1.61. The zero-order valence-electron chi connectivity index (χ0n) is 8.67. The van der Waals surface area contributed by atoms with E-state index in [4.69, 9.17) is 4.52 Å². The van der Waals surface area contributed by atoms with Crippen LogP contribution in [0.2, 0.25) is 0 Å². The van der Waals surface area contributed by atoms with Gasteiger partial charge in [-0.3, -0.25) is 4.79 Å². The number of aromatic nitrogens is 3. The summed E-state index contributed by atoms with van der Waals surface area (Å²) in [7, 11) is 0. The van der Waals surface area contributed by atoms with Crippen LogP contribution in [0, 0.1) is 6.92 Å². The highest BCUT2D eigenvalue weighted by Gasteiger charge is 2.08. The van der Waals surface area contributed by atoms with Crippen LogP contribution in [0.25, 0.3) is 0 Å². The molecule has 0 saturated carbocycles. The third kappa shape index (κ3) is 2.41. The SMILES string of the molecule is Cc1cc(CNC(=O)c2ccno2)ncn1. The highest BCUT2D eigenvalue weighted by atomic mass is 16.5. The summed E-state index contributed by atoms with van der Waals surface area (Å²) in [6, 6.07) is 3.31. The van der Waals surface area contributed by atoms with E-state index in [-0.39, 0.29) is 11.7 Å². The Bertz CT molecular complexity index is 481. The molecule has 0 aromatic carbocycles. The molecule has 6 heteroatoms. The largest absolute Gasteiger partial charge is 0.351 e. The molecule has 0 aliphatic carbocycles. The molecule has 16 heavy (non-hydrogen) atoms. The first-order valence-electron chi connectivity index (χ1n) is 4.72. The first kappa shape index (κ1) is 10.3. The summed E-state index contributed by atoms with van der Waals surface area (Å²) in [6.45, 7) is 2.20. The van der Waals surface area contributed by atoms with Gasteiger partial charge in [0, 0.05) is 11.8 Å². The second-order valence-electron chi connectivity index (χ2n) is 3.21. The van der Waals surface area contributed by atoms with Crippen molar-refractivity contribution in [2.24, 2.45) is 0 Å². The van der Waals surface area contributed by atoms with Crippen molar-refractivity contribution in [1.82, 2.24) is 20.4 Å². The van der Waals surface area contributed by atoms with E-state index >= 15 is 0 Å². The summed E-state index contributed by atoms with van der Waals surface area (Å²) in [5.74, 6) is -0.125. The number of rotatable bonds is 3. The first-order chi connectivity index (χ1) is 7.75. The zero-order chi connectivity index (χ0) is 11.4. The van der Waals surface area contributed by atoms with Crippen molar-refractivity contribution in [2.75, 3.05) is 0 Å². The van der Waals surface area contributed by atoms with Gasteiger partial charge in [-0.05, 0) is 13.0 Å². The second kappa shape index (κ2) is 4.52. The Balaban J connectivity index is 1.95. The average Bonchev–Trinajstić information content (AvgIpc) is 2.79. The van der Waals surface area contributed by atoms with Crippen LogP contribution in [0.4, 0.5) is 0 Å². The van der Waals surface area contributed by atoms with Crippen molar-refractivity contribution in [3.63, 3.8) is 0 Å². The number of nitrogens with one attached hydrogen (secondary N) is 1. The highest BCUT2D eigenvalue weighted by Crippen LogP contribution is 1.99. The third-order valence-electron chi connectivity index (χ3n) is 1.95. The van der Waals surface area contributed by atoms with Gasteiger partial charge in [-0.25, -0.2) is 9.97 Å². The van der Waals surface area contributed by atoms with Crippen molar-refractivity contribution in [2.45, 2.75) is 13.5 Å². The monoisotopic (exact) mass is 218 g/mol. The number of carbonyl (C=O) groups is 1. The van der Waals surface area contributed by atoms with Crippen LogP contribution in [-0.2, 0) is 6.54 Å². The molecule has 0 atom stereocenters. The lowest BCUT2D eigenvalue weighted by molar-refractivity contribution is 0.0913. The van der Waals surface area contributed by atoms with Crippen LogP contribution in [0.3, 0.4) is 0 Å². The molecule has 0 aliphatic rings. The van der Waals surface area contributed by atoms with Crippen LogP contribution >= 0.6 is 0 Å². The quantitative estimate of drug-likeness (QED) is 0.820. The van der Waals surface area contributed by atoms with Crippen LogP contribution in [0.15, 0.2) is 29.2 Å². The highest BCUT2D eigenvalue weighted by molar-refractivity contribution is 5.91. The molecule has 2 rings (SSSR count). The number of nitrogens with zero attached hydrogens (tertiary/aromatic N) is 3. The van der Waals surface area contributed by atoms with E-state index in [0.717, 1.165) is 11.4 Å². The molecule has 0 fully saturated rings. The van der Waals surface area contributed by atoms with Gasteiger partial charge in [0.05, 0.1) is 18.4 Å². The second-order valence-corrected chi connectivity index (χ2v) is 3.21. The van der Waals surface area contributed by atoms with Gasteiger partial charge < -0.3 is 9.84 Å². The number of hydrogen-bond donors (Lipinski definition) is 1. The van der Waals surface area contributed by atoms with Crippen molar-refractivity contribution in [1.29, 1.82) is 0 Å². The molecule has 1 N–H and O–H groups in total. The maximum atomic E-state index is 11.5. The summed E-state index contributed by atoms with van der Waals surface area (Å²) in [4.78, 5) is 19.5. The van der Waals surface area contributed by atoms with Crippen molar-refractivity contribution in [3.05, 3.63) is 41.8 Å². The van der Waals surface area contributed by atoms with E-state index in [2.05, 4.69) is 20.4 Å². The van der Waals surface area contributed by atoms with E-state index in [1.807, 2.05) is 6.92 Å². The minimum atomic E-state index is -0.311. The molecule has 2 aromatic heterocycles. The fraction of sp³-hybridized carbons (Fsp3) is 0.200. The summed E-state index contributed by atoms with van der Waals surface area (Å²) >= 11 is 0. The fourth-order valence-electron chi connectivity index (χ4n) is 1.20. The normalized spacial score (nSPS) is 10.1. The number of hydrogen-bond acceptors (Lipinski definition) is 5. The Morgan fingerprint density at radius 2 is 2.38 bits per heavy atom. The van der Waals surface area contributed by atoms with Gasteiger partial charge in [-0.2, -0.15) is 0 Å². The predicted octanol–water partition coefficient (Wildman–Crippen LogP) is 0.703. The number of aryl methyl sites for hydroxylation is 1. The van der Waals surface area contributed by atoms with Crippen LogP contribution in [0.1, 0.15) is 21.9 Å². The zero-order valence-corrected chi connectivity index (χ0v) is 8.67. The summed E-state index contributed by atoms with van der Waals surface area (Å²) in [6.07, 6.45) is 2.88. The molecule has 0 saturated heterocycles. The van der Waals surface area contributed by atoms with Gasteiger partial charge in [-0.1, -0.05) is 5.16 Å². The van der Waals surface area contributed by atoms with Gasteiger partial charge in [0.15, 0.2) is 0 Å². The summed E-state index contributed by atoms with van der Waals surface area (Å²) in [5, 5.41) is 6.12. The molecule has 1 amide bonds. The maximum Gasteiger partial charge on any atom is 0.290 e. The minimum Gasteiger partial charge on any atom is -0.351 e. The molecule has 6 nitrogen and oxygen atoms in total. The molecule has 0 aliphatic heterocycles. The van der Waals surface area contributed by atoms with Gasteiger partial charge in [0.1, 0.15) is 6.33 Å². The summed E-state index contributed by atoms with van der Waals surface area (Å²) < 4.78 is 4.71. The van der Waals surface area contributed by atoms with Crippen molar-refractivity contribution in [3.8, 4) is 0 Å². The van der Waals surface area contributed by atoms with Crippen LogP contribution in [0.5, 0.6) is 0 Å². The fourth-order valence-corrected chi connectivity index (χ4v) is 1.20. The van der Waals surface area contributed by atoms with Crippen molar-refractivity contribution >= 4 is 5.91 Å². The Morgan fingerprint density at radius 3 is 3.06 bits per heavy atom. The minimum absolute atomic E-state index is 0.186. The Hall–Kier alpha value is -2.24. The molecule has 2 aromatic rings. The molecule has 0 spiro atoms. The van der Waals surface area contributed by atoms with Crippen LogP contribution < -0.4 is 5.32 Å². The standard InChI is InChI=1S/C10H10N4O2/c1-7-4-8(13-6-12-7)5-11-10(15)9-2-3-14-16-9/h2-4,6H,5H2,1H3,(H,11,15). The first-order valence-corrected chi connectivity index (χ1v) is 4.72. The van der Waals surface area contributed by atoms with Gasteiger partial charge in [0.25, 0.3) is 5.91 Å². The van der Waals surface area contributed by atoms with Crippen molar-refractivity contribution < 1.29 is 9.32 Å². The molecule has 0 unspecified atom stereocenters. The molecule has 0 bridgehead atoms. The molecule has 2 heterocycles. The lowest BCUT2D eigenvalue weighted by atomic mass is 10.3. The Morgan fingerprint density at radius 1 is 1.50 bits per heavy atom. The molecular weight excluding hydrogens is 208 g/mol.